The fourth-order valence-corrected chi connectivity index (χ4v) is 1.68. The van der Waals surface area contributed by atoms with Crippen molar-refractivity contribution in [3.63, 3.8) is 0 Å². The third-order valence-corrected chi connectivity index (χ3v) is 2.57. The topological polar surface area (TPSA) is 67.3 Å². The molecule has 0 amide bonds. The number of hydrogen-bond donors (Lipinski definition) is 2. The van der Waals surface area contributed by atoms with Gasteiger partial charge in [0, 0.05) is 17.6 Å². The minimum Gasteiger partial charge on any atom is -0.491 e. The summed E-state index contributed by atoms with van der Waals surface area (Å²) in [4.78, 5) is 8.43. The zero-order valence-electron chi connectivity index (χ0n) is 11.1. The van der Waals surface area contributed by atoms with E-state index < -0.39 is 0 Å². The van der Waals surface area contributed by atoms with Crippen molar-refractivity contribution in [2.45, 2.75) is 13.8 Å². The van der Waals surface area contributed by atoms with Crippen molar-refractivity contribution in [3.8, 4) is 5.75 Å². The number of anilines is 2. The van der Waals surface area contributed by atoms with Crippen molar-refractivity contribution in [1.29, 1.82) is 0 Å². The molecule has 0 atom stereocenters. The van der Waals surface area contributed by atoms with Gasteiger partial charge in [-0.1, -0.05) is 0 Å². The summed E-state index contributed by atoms with van der Waals surface area (Å²) < 4.78 is 5.40. The smallest absolute Gasteiger partial charge is 0.227 e. The van der Waals surface area contributed by atoms with Crippen molar-refractivity contribution >= 4 is 11.6 Å². The number of nitrogens with one attached hydrogen (secondary N) is 1. The van der Waals surface area contributed by atoms with Crippen LogP contribution in [0.15, 0.2) is 30.5 Å². The maximum Gasteiger partial charge on any atom is 0.227 e. The lowest BCUT2D eigenvalue weighted by molar-refractivity contribution is 0.200. The van der Waals surface area contributed by atoms with Crippen LogP contribution in [-0.2, 0) is 0 Å². The van der Waals surface area contributed by atoms with Crippen LogP contribution in [0, 0.1) is 13.8 Å². The molecule has 0 radical (unpaired) electrons. The first-order chi connectivity index (χ1) is 9.19. The van der Waals surface area contributed by atoms with Crippen LogP contribution in [-0.4, -0.2) is 28.3 Å². The van der Waals surface area contributed by atoms with E-state index in [-0.39, 0.29) is 6.61 Å². The van der Waals surface area contributed by atoms with Crippen LogP contribution in [0.4, 0.5) is 11.6 Å². The molecular formula is C14H17N3O2. The summed E-state index contributed by atoms with van der Waals surface area (Å²) in [6.45, 7) is 4.18. The van der Waals surface area contributed by atoms with Gasteiger partial charge in [0.2, 0.25) is 5.95 Å². The van der Waals surface area contributed by atoms with E-state index in [9.17, 15) is 0 Å². The molecule has 2 aromatic rings. The zero-order valence-corrected chi connectivity index (χ0v) is 11.1. The second-order valence-electron chi connectivity index (χ2n) is 4.20. The van der Waals surface area contributed by atoms with Gasteiger partial charge in [-0.25, -0.2) is 9.97 Å². The normalized spacial score (nSPS) is 10.3. The fraction of sp³-hybridized carbons (Fsp3) is 0.286. The predicted octanol–water partition coefficient (Wildman–Crippen LogP) is 2.21. The molecule has 19 heavy (non-hydrogen) atoms. The summed E-state index contributed by atoms with van der Waals surface area (Å²) in [6, 6.07) is 7.56. The van der Waals surface area contributed by atoms with Gasteiger partial charge in [-0.3, -0.25) is 0 Å². The Bertz CT molecular complexity index is 558. The largest absolute Gasteiger partial charge is 0.491 e. The highest BCUT2D eigenvalue weighted by Gasteiger charge is 2.03. The first kappa shape index (κ1) is 13.3. The van der Waals surface area contributed by atoms with Crippen LogP contribution in [0.2, 0.25) is 0 Å². The zero-order chi connectivity index (χ0) is 13.7. The van der Waals surface area contributed by atoms with E-state index in [1.807, 2.05) is 38.1 Å². The lowest BCUT2D eigenvalue weighted by atomic mass is 10.2. The monoisotopic (exact) mass is 259 g/mol. The molecule has 5 nitrogen and oxygen atoms in total. The van der Waals surface area contributed by atoms with E-state index >= 15 is 0 Å². The summed E-state index contributed by atoms with van der Waals surface area (Å²) in [5, 5.41) is 11.9. The van der Waals surface area contributed by atoms with E-state index in [1.165, 1.54) is 0 Å². The molecule has 0 aliphatic carbocycles. The number of nitrogens with zero attached hydrogens (tertiary/aromatic N) is 2. The lowest BCUT2D eigenvalue weighted by Crippen LogP contribution is -2.03. The number of rotatable bonds is 5. The number of aliphatic hydroxyl groups excluding tert-OH is 1. The maximum atomic E-state index is 8.74. The fourth-order valence-electron chi connectivity index (χ4n) is 1.68. The minimum atomic E-state index is 0.0105. The van der Waals surface area contributed by atoms with Crippen molar-refractivity contribution in [3.05, 3.63) is 41.7 Å². The summed E-state index contributed by atoms with van der Waals surface area (Å²) in [5.74, 6) is 1.34. The van der Waals surface area contributed by atoms with Crippen LogP contribution in [0.3, 0.4) is 0 Å². The van der Waals surface area contributed by atoms with Crippen LogP contribution in [0.1, 0.15) is 11.3 Å². The van der Waals surface area contributed by atoms with Gasteiger partial charge in [-0.2, -0.15) is 0 Å². The summed E-state index contributed by atoms with van der Waals surface area (Å²) in [6.07, 6.45) is 1.72. The standard InChI is InChI=1S/C14H17N3O2/c1-10-9-12(3-4-13(10)19-8-7-18)17-14-15-6-5-11(2)16-14/h3-6,9,18H,7-8H2,1-2H3,(H,15,16,17). The molecule has 0 unspecified atom stereocenters. The number of aromatic nitrogens is 2. The molecule has 0 spiro atoms. The van der Waals surface area contributed by atoms with Gasteiger partial charge in [0.15, 0.2) is 0 Å². The van der Waals surface area contributed by atoms with E-state index in [0.717, 1.165) is 22.7 Å². The number of hydrogen-bond acceptors (Lipinski definition) is 5. The molecule has 1 aromatic heterocycles. The summed E-state index contributed by atoms with van der Waals surface area (Å²) in [7, 11) is 0. The Morgan fingerprint density at radius 3 is 2.79 bits per heavy atom. The number of ether oxygens (including phenoxy) is 1. The SMILES string of the molecule is Cc1ccnc(Nc2ccc(OCCO)c(C)c2)n1. The molecule has 0 aliphatic rings. The second kappa shape index (κ2) is 6.15. The third kappa shape index (κ3) is 3.66. The van der Waals surface area contributed by atoms with E-state index in [0.29, 0.717) is 12.6 Å². The highest BCUT2D eigenvalue weighted by atomic mass is 16.5. The molecule has 100 valence electrons. The summed E-state index contributed by atoms with van der Waals surface area (Å²) >= 11 is 0. The first-order valence-electron chi connectivity index (χ1n) is 6.10. The highest BCUT2D eigenvalue weighted by molar-refractivity contribution is 5.57. The summed E-state index contributed by atoms with van der Waals surface area (Å²) in [5.41, 5.74) is 2.81. The molecule has 2 N–H and O–H groups in total. The Balaban J connectivity index is 2.11. The molecule has 0 fully saturated rings. The van der Waals surface area contributed by atoms with Gasteiger partial charge < -0.3 is 15.2 Å². The van der Waals surface area contributed by atoms with Crippen molar-refractivity contribution < 1.29 is 9.84 Å². The Morgan fingerprint density at radius 1 is 1.26 bits per heavy atom. The molecule has 0 saturated carbocycles. The predicted molar refractivity (Wildman–Crippen MR) is 73.8 cm³/mol. The van der Waals surface area contributed by atoms with Gasteiger partial charge in [-0.05, 0) is 43.7 Å². The van der Waals surface area contributed by atoms with Gasteiger partial charge in [0.05, 0.1) is 6.61 Å². The van der Waals surface area contributed by atoms with Gasteiger partial charge in [0.25, 0.3) is 0 Å². The van der Waals surface area contributed by atoms with Crippen molar-refractivity contribution in [2.75, 3.05) is 18.5 Å². The van der Waals surface area contributed by atoms with Gasteiger partial charge in [0.1, 0.15) is 12.4 Å². The van der Waals surface area contributed by atoms with Crippen LogP contribution < -0.4 is 10.1 Å². The molecule has 0 aliphatic heterocycles. The molecule has 0 bridgehead atoms. The average Bonchev–Trinajstić information content (AvgIpc) is 2.38. The average molecular weight is 259 g/mol. The number of aryl methyl sites for hydroxylation is 2. The molecule has 1 aromatic carbocycles. The van der Waals surface area contributed by atoms with E-state index in [4.69, 9.17) is 9.84 Å². The lowest BCUT2D eigenvalue weighted by Gasteiger charge is -2.10. The molecule has 2 rings (SSSR count). The van der Waals surface area contributed by atoms with Crippen LogP contribution in [0.25, 0.3) is 0 Å². The van der Waals surface area contributed by atoms with Crippen molar-refractivity contribution in [2.24, 2.45) is 0 Å². The number of benzene rings is 1. The highest BCUT2D eigenvalue weighted by Crippen LogP contribution is 2.23. The number of aliphatic hydroxyl groups is 1. The van der Waals surface area contributed by atoms with Crippen LogP contribution in [0.5, 0.6) is 5.75 Å². The van der Waals surface area contributed by atoms with E-state index in [1.54, 1.807) is 6.20 Å². The van der Waals surface area contributed by atoms with Gasteiger partial charge in [-0.15, -0.1) is 0 Å². The second-order valence-corrected chi connectivity index (χ2v) is 4.20. The Labute approximate surface area is 112 Å². The third-order valence-electron chi connectivity index (χ3n) is 2.57. The molecule has 1 heterocycles. The van der Waals surface area contributed by atoms with Gasteiger partial charge >= 0.3 is 0 Å². The molecule has 0 saturated heterocycles. The maximum absolute atomic E-state index is 8.74. The first-order valence-corrected chi connectivity index (χ1v) is 6.10. The Kier molecular flexibility index (Phi) is 4.30. The molecule has 5 heteroatoms. The Hall–Kier alpha value is -2.14. The quantitative estimate of drug-likeness (QED) is 0.861. The van der Waals surface area contributed by atoms with Crippen molar-refractivity contribution in [1.82, 2.24) is 9.97 Å². The van der Waals surface area contributed by atoms with E-state index in [2.05, 4.69) is 15.3 Å². The minimum absolute atomic E-state index is 0.0105. The Morgan fingerprint density at radius 2 is 2.11 bits per heavy atom. The molecular weight excluding hydrogens is 242 g/mol. The van der Waals surface area contributed by atoms with Crippen LogP contribution >= 0.6 is 0 Å².